The number of carbonyl (C=O) groups is 1. The van der Waals surface area contributed by atoms with E-state index in [2.05, 4.69) is 6.58 Å². The molecule has 68 valence electrons. The molecule has 1 fully saturated rings. The molecular formula is C7H11O4P. The monoisotopic (exact) mass is 190 g/mol. The lowest BCUT2D eigenvalue weighted by molar-refractivity contribution is -0.109. The summed E-state index contributed by atoms with van der Waals surface area (Å²) in [6.45, 7) is 6.64. The molecule has 0 amide bonds. The molecule has 1 saturated heterocycles. The minimum Gasteiger partial charge on any atom is -0.297 e. The quantitative estimate of drug-likeness (QED) is 0.491. The highest BCUT2D eigenvalue weighted by molar-refractivity contribution is 7.72. The van der Waals surface area contributed by atoms with E-state index < -0.39 is 13.1 Å². The van der Waals surface area contributed by atoms with Crippen LogP contribution in [0, 0.1) is 0 Å². The molecule has 2 atom stereocenters. The summed E-state index contributed by atoms with van der Waals surface area (Å²) in [6, 6.07) is 0. The van der Waals surface area contributed by atoms with Crippen molar-refractivity contribution >= 4 is 13.1 Å². The fourth-order valence-electron chi connectivity index (χ4n) is 0.850. The van der Waals surface area contributed by atoms with E-state index in [0.717, 1.165) is 6.08 Å². The van der Waals surface area contributed by atoms with Crippen LogP contribution >= 0.6 is 7.60 Å². The highest BCUT2D eigenvalue weighted by Gasteiger charge is 2.44. The fourth-order valence-corrected chi connectivity index (χ4v) is 2.55. The minimum atomic E-state index is -3.53. The average Bonchev–Trinajstić information content (AvgIpc) is 2.26. The Hall–Kier alpha value is -0.440. The van der Waals surface area contributed by atoms with Crippen molar-refractivity contribution in [3.63, 3.8) is 0 Å². The lowest BCUT2D eigenvalue weighted by Gasteiger charge is -2.04. The van der Waals surface area contributed by atoms with Crippen LogP contribution in [0.4, 0.5) is 0 Å². The first-order valence-corrected chi connectivity index (χ1v) is 5.17. The summed E-state index contributed by atoms with van der Waals surface area (Å²) in [5, 5.41) is 0. The lowest BCUT2D eigenvalue weighted by atomic mass is 10.3. The predicted octanol–water partition coefficient (Wildman–Crippen LogP) is 1.72. The number of carbonyl (C=O) groups excluding carboxylic acids is 1. The predicted molar refractivity (Wildman–Crippen MR) is 43.9 cm³/mol. The summed E-state index contributed by atoms with van der Waals surface area (Å²) < 4.78 is 21.4. The van der Waals surface area contributed by atoms with E-state index >= 15 is 0 Å². The van der Waals surface area contributed by atoms with Gasteiger partial charge < -0.3 is 0 Å². The van der Waals surface area contributed by atoms with Gasteiger partial charge >= 0.3 is 7.60 Å². The zero-order chi connectivity index (χ0) is 9.35. The van der Waals surface area contributed by atoms with Crippen molar-refractivity contribution in [2.45, 2.75) is 26.1 Å². The van der Waals surface area contributed by atoms with Crippen LogP contribution in [0.15, 0.2) is 12.7 Å². The normalized spacial score (nSPS) is 41.2. The summed E-state index contributed by atoms with van der Waals surface area (Å²) >= 11 is 0. The average molecular weight is 190 g/mol. The highest BCUT2D eigenvalue weighted by atomic mass is 31.2. The third kappa shape index (κ3) is 1.51. The van der Waals surface area contributed by atoms with Gasteiger partial charge in [-0.05, 0) is 19.9 Å². The van der Waals surface area contributed by atoms with Gasteiger partial charge in [-0.2, -0.15) is 0 Å². The van der Waals surface area contributed by atoms with E-state index in [1.807, 2.05) is 0 Å². The molecule has 0 radical (unpaired) electrons. The topological polar surface area (TPSA) is 52.6 Å². The Bertz CT molecular complexity index is 246. The number of hydrogen-bond acceptors (Lipinski definition) is 4. The van der Waals surface area contributed by atoms with Crippen molar-refractivity contribution in [2.75, 3.05) is 0 Å². The Morgan fingerprint density at radius 2 is 1.83 bits per heavy atom. The molecule has 0 saturated carbocycles. The first-order chi connectivity index (χ1) is 5.49. The Labute approximate surface area is 71.1 Å². The molecule has 0 aliphatic carbocycles. The van der Waals surface area contributed by atoms with Crippen molar-refractivity contribution < 1.29 is 18.4 Å². The van der Waals surface area contributed by atoms with Gasteiger partial charge in [0.1, 0.15) is 0 Å². The molecule has 4 nitrogen and oxygen atoms in total. The van der Waals surface area contributed by atoms with Crippen molar-refractivity contribution in [3.8, 4) is 0 Å². The molecule has 5 heteroatoms. The maximum atomic E-state index is 11.5. The fraction of sp³-hybridized carbons (Fsp3) is 0.571. The van der Waals surface area contributed by atoms with Crippen LogP contribution in [0.2, 0.25) is 0 Å². The van der Waals surface area contributed by atoms with E-state index in [-0.39, 0.29) is 12.2 Å². The maximum absolute atomic E-state index is 11.5. The van der Waals surface area contributed by atoms with Gasteiger partial charge in [-0.25, -0.2) is 0 Å². The summed E-state index contributed by atoms with van der Waals surface area (Å²) in [4.78, 5) is 11.0. The maximum Gasteiger partial charge on any atom is 0.401 e. The number of allylic oxidation sites excluding steroid dienone is 1. The van der Waals surface area contributed by atoms with Crippen molar-refractivity contribution in [1.29, 1.82) is 0 Å². The highest BCUT2D eigenvalue weighted by Crippen LogP contribution is 2.57. The van der Waals surface area contributed by atoms with Gasteiger partial charge in [0.15, 0.2) is 0 Å². The molecule has 12 heavy (non-hydrogen) atoms. The molecule has 1 aliphatic rings. The summed E-state index contributed by atoms with van der Waals surface area (Å²) in [5.74, 6) is 0. The van der Waals surface area contributed by atoms with Gasteiger partial charge in [-0.3, -0.25) is 18.4 Å². The zero-order valence-electron chi connectivity index (χ0n) is 7.02. The van der Waals surface area contributed by atoms with Crippen molar-refractivity contribution in [3.05, 3.63) is 12.7 Å². The Balaban J connectivity index is 2.84. The molecule has 0 N–H and O–H groups in total. The largest absolute Gasteiger partial charge is 0.401 e. The lowest BCUT2D eigenvalue weighted by Crippen LogP contribution is -2.13. The van der Waals surface area contributed by atoms with Crippen LogP contribution in [-0.2, 0) is 18.4 Å². The smallest absolute Gasteiger partial charge is 0.297 e. The zero-order valence-corrected chi connectivity index (χ0v) is 7.91. The second-order valence-corrected chi connectivity index (χ2v) is 4.52. The van der Waals surface area contributed by atoms with Crippen LogP contribution in [0.5, 0.6) is 0 Å². The second kappa shape index (κ2) is 3.13. The molecule has 1 rings (SSSR count). The SMILES string of the molecule is C=CC(=O)P1(=O)OC(C)C(C)O1. The van der Waals surface area contributed by atoms with Gasteiger partial charge in [0, 0.05) is 0 Å². The van der Waals surface area contributed by atoms with E-state index in [1.54, 1.807) is 13.8 Å². The second-order valence-electron chi connectivity index (χ2n) is 2.66. The van der Waals surface area contributed by atoms with Gasteiger partial charge in [0.25, 0.3) is 5.52 Å². The van der Waals surface area contributed by atoms with Gasteiger partial charge in [-0.15, -0.1) is 0 Å². The van der Waals surface area contributed by atoms with Crippen molar-refractivity contribution in [1.82, 2.24) is 0 Å². The summed E-state index contributed by atoms with van der Waals surface area (Å²) in [6.07, 6.45) is 0.352. The van der Waals surface area contributed by atoms with E-state index in [0.29, 0.717) is 0 Å². The molecule has 0 aromatic heterocycles. The number of hydrogen-bond donors (Lipinski definition) is 0. The third-order valence-corrected chi connectivity index (χ3v) is 3.66. The van der Waals surface area contributed by atoms with Crippen LogP contribution in [0.3, 0.4) is 0 Å². The van der Waals surface area contributed by atoms with Gasteiger partial charge in [0.2, 0.25) is 0 Å². The van der Waals surface area contributed by atoms with E-state index in [1.165, 1.54) is 0 Å². The Morgan fingerprint density at radius 1 is 1.42 bits per heavy atom. The first kappa shape index (κ1) is 9.65. The standard InChI is InChI=1S/C7H11O4P/c1-4-7(8)12(9)10-5(2)6(3)11-12/h4-6H,1H2,2-3H3. The molecule has 1 heterocycles. The van der Waals surface area contributed by atoms with Crippen molar-refractivity contribution in [2.24, 2.45) is 0 Å². The molecule has 0 spiro atoms. The van der Waals surface area contributed by atoms with Gasteiger partial charge in [0.05, 0.1) is 12.2 Å². The molecular weight excluding hydrogens is 179 g/mol. The molecule has 0 aromatic rings. The third-order valence-electron chi connectivity index (χ3n) is 1.72. The number of rotatable bonds is 2. The van der Waals surface area contributed by atoms with Gasteiger partial charge in [-0.1, -0.05) is 6.58 Å². The molecule has 0 aromatic carbocycles. The van der Waals surface area contributed by atoms with E-state index in [4.69, 9.17) is 9.05 Å². The summed E-state index contributed by atoms with van der Waals surface area (Å²) in [7, 11) is -3.53. The van der Waals surface area contributed by atoms with Crippen LogP contribution in [-0.4, -0.2) is 17.7 Å². The Morgan fingerprint density at radius 3 is 2.17 bits per heavy atom. The van der Waals surface area contributed by atoms with E-state index in [9.17, 15) is 9.36 Å². The first-order valence-electron chi connectivity index (χ1n) is 3.63. The molecule has 2 unspecified atom stereocenters. The molecule has 1 aliphatic heterocycles. The van der Waals surface area contributed by atoms with Crippen LogP contribution in [0.1, 0.15) is 13.8 Å². The van der Waals surface area contributed by atoms with Crippen LogP contribution in [0.25, 0.3) is 0 Å². The summed E-state index contributed by atoms with van der Waals surface area (Å²) in [5.41, 5.74) is -0.668. The Kier molecular flexibility index (Phi) is 2.52. The van der Waals surface area contributed by atoms with Crippen LogP contribution < -0.4 is 0 Å². The minimum absolute atomic E-state index is 0.306. The molecule has 0 bridgehead atoms.